The maximum atomic E-state index is 13.9. The number of nitrogens with zero attached hydrogens (tertiary/aromatic N) is 3. The van der Waals surface area contributed by atoms with Crippen LogP contribution in [0.15, 0.2) is 24.3 Å². The standard InChI is InChI=1S/C18H23F2N5/c1-25(2)10-4-9-21-18-23-15(12-7-8-12)11-16(24-18)22-14-6-3-5-13(19)17(14)20/h3,5-6,11-12H,4,7-10H2,1-2H3,(H2,21,22,23,24). The van der Waals surface area contributed by atoms with Gasteiger partial charge in [0.1, 0.15) is 5.82 Å². The fraction of sp³-hybridized carbons (Fsp3) is 0.444. The molecule has 25 heavy (non-hydrogen) atoms. The van der Waals surface area contributed by atoms with Crippen LogP contribution < -0.4 is 10.6 Å². The minimum atomic E-state index is -0.908. The van der Waals surface area contributed by atoms with Crippen LogP contribution in [0.5, 0.6) is 0 Å². The monoisotopic (exact) mass is 347 g/mol. The summed E-state index contributed by atoms with van der Waals surface area (Å²) in [6.45, 7) is 1.72. The van der Waals surface area contributed by atoms with Crippen molar-refractivity contribution >= 4 is 17.5 Å². The van der Waals surface area contributed by atoms with Gasteiger partial charge in [0.25, 0.3) is 0 Å². The second-order valence-electron chi connectivity index (χ2n) is 6.59. The van der Waals surface area contributed by atoms with Crippen LogP contribution in [0.1, 0.15) is 30.9 Å². The molecule has 2 N–H and O–H groups in total. The van der Waals surface area contributed by atoms with Crippen molar-refractivity contribution in [3.05, 3.63) is 41.6 Å². The van der Waals surface area contributed by atoms with Crippen LogP contribution in [0.3, 0.4) is 0 Å². The van der Waals surface area contributed by atoms with E-state index >= 15 is 0 Å². The summed E-state index contributed by atoms with van der Waals surface area (Å²) in [4.78, 5) is 11.1. The Morgan fingerprint density at radius 1 is 1.20 bits per heavy atom. The van der Waals surface area contributed by atoms with E-state index in [0.717, 1.165) is 44.1 Å². The van der Waals surface area contributed by atoms with Gasteiger partial charge in [0.15, 0.2) is 11.6 Å². The SMILES string of the molecule is CN(C)CCCNc1nc(Nc2cccc(F)c2F)cc(C2CC2)n1. The van der Waals surface area contributed by atoms with E-state index in [1.54, 1.807) is 0 Å². The molecule has 0 atom stereocenters. The normalized spacial score (nSPS) is 14.0. The van der Waals surface area contributed by atoms with Crippen molar-refractivity contribution in [2.24, 2.45) is 0 Å². The van der Waals surface area contributed by atoms with Gasteiger partial charge in [-0.1, -0.05) is 6.07 Å². The highest BCUT2D eigenvalue weighted by Gasteiger charge is 2.26. The quantitative estimate of drug-likeness (QED) is 0.713. The van der Waals surface area contributed by atoms with Crippen LogP contribution in [-0.4, -0.2) is 42.1 Å². The maximum absolute atomic E-state index is 13.9. The third kappa shape index (κ3) is 4.85. The smallest absolute Gasteiger partial charge is 0.224 e. The van der Waals surface area contributed by atoms with Gasteiger partial charge < -0.3 is 15.5 Å². The van der Waals surface area contributed by atoms with Crippen molar-refractivity contribution in [2.45, 2.75) is 25.2 Å². The van der Waals surface area contributed by atoms with Crippen molar-refractivity contribution in [3.63, 3.8) is 0 Å². The van der Waals surface area contributed by atoms with Gasteiger partial charge in [-0.05, 0) is 52.0 Å². The molecule has 0 saturated heterocycles. The van der Waals surface area contributed by atoms with E-state index in [2.05, 4.69) is 25.5 Å². The fourth-order valence-corrected chi connectivity index (χ4v) is 2.53. The molecular weight excluding hydrogens is 324 g/mol. The highest BCUT2D eigenvalue weighted by atomic mass is 19.2. The number of hydrogen-bond acceptors (Lipinski definition) is 5. The van der Waals surface area contributed by atoms with Crippen LogP contribution >= 0.6 is 0 Å². The van der Waals surface area contributed by atoms with Crippen LogP contribution in [0, 0.1) is 11.6 Å². The number of aromatic nitrogens is 2. The molecule has 0 unspecified atom stereocenters. The zero-order valence-electron chi connectivity index (χ0n) is 14.5. The lowest BCUT2D eigenvalue weighted by Gasteiger charge is -2.13. The molecule has 0 amide bonds. The van der Waals surface area contributed by atoms with E-state index in [9.17, 15) is 8.78 Å². The van der Waals surface area contributed by atoms with Gasteiger partial charge in [-0.15, -0.1) is 0 Å². The van der Waals surface area contributed by atoms with E-state index in [1.165, 1.54) is 12.1 Å². The van der Waals surface area contributed by atoms with Crippen LogP contribution in [0.4, 0.5) is 26.2 Å². The summed E-state index contributed by atoms with van der Waals surface area (Å²) in [6.07, 6.45) is 3.17. The Balaban J connectivity index is 1.75. The minimum absolute atomic E-state index is 0.0685. The number of hydrogen-bond donors (Lipinski definition) is 2. The lowest BCUT2D eigenvalue weighted by molar-refractivity contribution is 0.405. The Kier molecular flexibility index (Phi) is 5.43. The van der Waals surface area contributed by atoms with Crippen LogP contribution in [0.25, 0.3) is 0 Å². The van der Waals surface area contributed by atoms with Crippen molar-refractivity contribution in [1.29, 1.82) is 0 Å². The Morgan fingerprint density at radius 3 is 2.72 bits per heavy atom. The molecule has 7 heteroatoms. The van der Waals surface area contributed by atoms with Gasteiger partial charge in [0.2, 0.25) is 5.95 Å². The van der Waals surface area contributed by atoms with Crippen molar-refractivity contribution in [3.8, 4) is 0 Å². The van der Waals surface area contributed by atoms with Crippen molar-refractivity contribution in [2.75, 3.05) is 37.8 Å². The van der Waals surface area contributed by atoms with Crippen molar-refractivity contribution in [1.82, 2.24) is 14.9 Å². The lowest BCUT2D eigenvalue weighted by atomic mass is 10.2. The average Bonchev–Trinajstić information content (AvgIpc) is 3.41. The Labute approximate surface area is 146 Å². The van der Waals surface area contributed by atoms with Gasteiger partial charge in [0.05, 0.1) is 11.4 Å². The zero-order valence-corrected chi connectivity index (χ0v) is 14.5. The Morgan fingerprint density at radius 2 is 2.00 bits per heavy atom. The average molecular weight is 347 g/mol. The predicted octanol–water partition coefficient (Wildman–Crippen LogP) is 3.74. The highest BCUT2D eigenvalue weighted by Crippen LogP contribution is 2.40. The molecule has 0 spiro atoms. The van der Waals surface area contributed by atoms with Crippen LogP contribution in [0.2, 0.25) is 0 Å². The summed E-state index contributed by atoms with van der Waals surface area (Å²) in [6, 6.07) is 5.85. The third-order valence-corrected chi connectivity index (χ3v) is 4.02. The summed E-state index contributed by atoms with van der Waals surface area (Å²) >= 11 is 0. The van der Waals surface area contributed by atoms with Gasteiger partial charge in [-0.25, -0.2) is 13.8 Å². The third-order valence-electron chi connectivity index (χ3n) is 4.02. The first-order valence-electron chi connectivity index (χ1n) is 8.51. The van der Waals surface area contributed by atoms with Crippen LogP contribution in [-0.2, 0) is 0 Å². The van der Waals surface area contributed by atoms with E-state index < -0.39 is 11.6 Å². The highest BCUT2D eigenvalue weighted by molar-refractivity contribution is 5.58. The molecule has 5 nitrogen and oxygen atoms in total. The summed E-state index contributed by atoms with van der Waals surface area (Å²) in [5.74, 6) is -0.375. The second kappa shape index (κ2) is 7.74. The van der Waals surface area contributed by atoms with E-state index in [1.807, 2.05) is 20.2 Å². The van der Waals surface area contributed by atoms with Gasteiger partial charge >= 0.3 is 0 Å². The molecular formula is C18H23F2N5. The van der Waals surface area contributed by atoms with E-state index in [4.69, 9.17) is 0 Å². The van der Waals surface area contributed by atoms with E-state index in [0.29, 0.717) is 17.7 Å². The first-order chi connectivity index (χ1) is 12.0. The molecule has 1 fully saturated rings. The number of benzene rings is 1. The molecule has 134 valence electrons. The molecule has 1 aliphatic rings. The number of rotatable bonds is 8. The van der Waals surface area contributed by atoms with Crippen molar-refractivity contribution < 1.29 is 8.78 Å². The molecule has 0 bridgehead atoms. The molecule has 1 aromatic carbocycles. The molecule has 1 aliphatic carbocycles. The first-order valence-corrected chi connectivity index (χ1v) is 8.51. The largest absolute Gasteiger partial charge is 0.354 e. The summed E-state index contributed by atoms with van der Waals surface area (Å²) in [5.41, 5.74) is 1.00. The number of halogens is 2. The summed E-state index contributed by atoms with van der Waals surface area (Å²) in [7, 11) is 4.06. The van der Waals surface area contributed by atoms with Gasteiger partial charge in [0, 0.05) is 18.5 Å². The molecule has 1 heterocycles. The first kappa shape index (κ1) is 17.5. The molecule has 1 saturated carbocycles. The fourth-order valence-electron chi connectivity index (χ4n) is 2.53. The topological polar surface area (TPSA) is 53.1 Å². The number of nitrogens with one attached hydrogen (secondary N) is 2. The Hall–Kier alpha value is -2.28. The zero-order chi connectivity index (χ0) is 17.8. The summed E-state index contributed by atoms with van der Waals surface area (Å²) < 4.78 is 27.3. The molecule has 0 radical (unpaired) electrons. The lowest BCUT2D eigenvalue weighted by Crippen LogP contribution is -2.17. The maximum Gasteiger partial charge on any atom is 0.224 e. The number of anilines is 3. The second-order valence-corrected chi connectivity index (χ2v) is 6.59. The summed E-state index contributed by atoms with van der Waals surface area (Å²) in [5, 5.41) is 6.09. The van der Waals surface area contributed by atoms with Gasteiger partial charge in [-0.3, -0.25) is 0 Å². The molecule has 1 aromatic heterocycles. The minimum Gasteiger partial charge on any atom is -0.354 e. The molecule has 2 aromatic rings. The van der Waals surface area contributed by atoms with E-state index in [-0.39, 0.29) is 5.69 Å². The molecule has 0 aliphatic heterocycles. The predicted molar refractivity (Wildman–Crippen MR) is 95.3 cm³/mol. The Bertz CT molecular complexity index is 731. The van der Waals surface area contributed by atoms with Gasteiger partial charge in [-0.2, -0.15) is 4.98 Å². The molecule has 3 rings (SSSR count).